The molecule has 2 fully saturated rings. The predicted molar refractivity (Wildman–Crippen MR) is 152 cm³/mol. The van der Waals surface area contributed by atoms with Gasteiger partial charge in [-0.25, -0.2) is 4.79 Å². The first-order chi connectivity index (χ1) is 17.4. The van der Waals surface area contributed by atoms with E-state index in [1.54, 1.807) is 41.3 Å². The van der Waals surface area contributed by atoms with Crippen molar-refractivity contribution in [2.24, 2.45) is 0 Å². The Morgan fingerprint density at radius 2 is 1.92 bits per heavy atom. The third-order valence-electron chi connectivity index (χ3n) is 6.24. The topological polar surface area (TPSA) is 55.8 Å². The highest BCUT2D eigenvalue weighted by Gasteiger charge is 2.37. The van der Waals surface area contributed by atoms with Crippen LogP contribution in [0.2, 0.25) is 10.0 Å². The summed E-state index contributed by atoms with van der Waals surface area (Å²) in [6.45, 7) is 0. The summed E-state index contributed by atoms with van der Waals surface area (Å²) in [5.74, 6) is -0.0507. The Hall–Kier alpha value is -2.10. The van der Waals surface area contributed by atoms with E-state index in [1.807, 2.05) is 6.07 Å². The first kappa shape index (κ1) is 25.5. The third kappa shape index (κ3) is 4.89. The zero-order valence-electron chi connectivity index (χ0n) is 19.2. The van der Waals surface area contributed by atoms with Crippen molar-refractivity contribution in [3.05, 3.63) is 61.8 Å². The van der Waals surface area contributed by atoms with Gasteiger partial charge in [0.1, 0.15) is 9.20 Å². The number of thiophene rings is 1. The summed E-state index contributed by atoms with van der Waals surface area (Å²) in [5, 5.41) is 1.37. The number of fused-ring (bicyclic) bond motifs is 1. The molecule has 2 heterocycles. The number of halogens is 2. The van der Waals surface area contributed by atoms with Gasteiger partial charge in [0, 0.05) is 16.1 Å². The van der Waals surface area contributed by atoms with E-state index in [-0.39, 0.29) is 27.6 Å². The average molecular weight is 579 g/mol. The average Bonchev–Trinajstić information content (AvgIpc) is 3.36. The van der Waals surface area contributed by atoms with Crippen molar-refractivity contribution < 1.29 is 19.1 Å². The lowest BCUT2D eigenvalue weighted by Crippen LogP contribution is -2.39. The number of ether oxygens (including phenoxy) is 2. The van der Waals surface area contributed by atoms with Crippen LogP contribution in [-0.2, 0) is 4.79 Å². The van der Waals surface area contributed by atoms with Crippen molar-refractivity contribution in [2.45, 2.75) is 38.1 Å². The van der Waals surface area contributed by atoms with Gasteiger partial charge in [-0.15, -0.1) is 11.3 Å². The van der Waals surface area contributed by atoms with Gasteiger partial charge in [0.25, 0.3) is 5.91 Å². The van der Waals surface area contributed by atoms with Crippen molar-refractivity contribution >= 4 is 90.9 Å². The fourth-order valence-corrected chi connectivity index (χ4v) is 7.72. The van der Waals surface area contributed by atoms with Gasteiger partial charge in [-0.2, -0.15) is 0 Å². The number of thiocarbonyl (C=S) groups is 1. The number of hydrogen-bond acceptors (Lipinski definition) is 7. The molecular weight excluding hydrogens is 557 g/mol. The molecule has 0 unspecified atom stereocenters. The van der Waals surface area contributed by atoms with E-state index in [4.69, 9.17) is 44.9 Å². The number of carbonyl (C=O) groups excluding carboxylic acids is 2. The molecule has 1 aromatic heterocycles. The van der Waals surface area contributed by atoms with E-state index in [0.29, 0.717) is 25.4 Å². The van der Waals surface area contributed by atoms with E-state index < -0.39 is 5.97 Å². The van der Waals surface area contributed by atoms with Gasteiger partial charge < -0.3 is 9.47 Å². The number of methoxy groups -OCH3 is 1. The van der Waals surface area contributed by atoms with Gasteiger partial charge in [-0.05, 0) is 48.7 Å². The predicted octanol–water partition coefficient (Wildman–Crippen LogP) is 7.97. The molecule has 36 heavy (non-hydrogen) atoms. The molecular formula is C26H21Cl2NO4S3. The molecule has 5 nitrogen and oxygen atoms in total. The van der Waals surface area contributed by atoms with E-state index >= 15 is 0 Å². The quantitative estimate of drug-likeness (QED) is 0.133. The van der Waals surface area contributed by atoms with Crippen molar-refractivity contribution in [1.29, 1.82) is 0 Å². The van der Waals surface area contributed by atoms with Gasteiger partial charge >= 0.3 is 5.97 Å². The summed E-state index contributed by atoms with van der Waals surface area (Å²) in [6, 6.07) is 10.7. The van der Waals surface area contributed by atoms with Gasteiger partial charge in [0.05, 0.1) is 22.1 Å². The van der Waals surface area contributed by atoms with E-state index in [0.717, 1.165) is 35.9 Å². The number of thioether (sulfide) groups is 1. The normalized spacial score (nSPS) is 17.9. The standard InChI is InChI=1S/C26H21Cl2NO4S3/c1-32-18-12-14(13-20-24(30)29(26(34)36-20)15-6-3-2-4-7-15)10-11-17(18)33-25(31)23-22(28)21-16(27)8-5-9-19(21)35-23/h5,8-13,15H,2-4,6-7H2,1H3/b20-13-. The first-order valence-corrected chi connectivity index (χ1v) is 14.2. The summed E-state index contributed by atoms with van der Waals surface area (Å²) in [5.41, 5.74) is 0.738. The number of rotatable bonds is 5. The first-order valence-electron chi connectivity index (χ1n) is 11.4. The maximum Gasteiger partial charge on any atom is 0.355 e. The SMILES string of the molecule is COc1cc(/C=C2\SC(=S)N(C3CCCCC3)C2=O)ccc1OC(=O)c1sc2cccc(Cl)c2c1Cl. The molecule has 2 aliphatic rings. The molecule has 0 radical (unpaired) electrons. The molecule has 1 aliphatic carbocycles. The van der Waals surface area contributed by atoms with E-state index in [9.17, 15) is 9.59 Å². The van der Waals surface area contributed by atoms with Crippen LogP contribution in [0.5, 0.6) is 11.5 Å². The van der Waals surface area contributed by atoms with Crippen LogP contribution in [0, 0.1) is 0 Å². The Bertz CT molecular complexity index is 1410. The molecule has 0 spiro atoms. The summed E-state index contributed by atoms with van der Waals surface area (Å²) < 4.78 is 12.5. The van der Waals surface area contributed by atoms with Crippen molar-refractivity contribution in [1.82, 2.24) is 4.90 Å². The van der Waals surface area contributed by atoms with Crippen LogP contribution in [0.1, 0.15) is 47.3 Å². The molecule has 2 aromatic carbocycles. The van der Waals surface area contributed by atoms with Gasteiger partial charge in [-0.3, -0.25) is 9.69 Å². The van der Waals surface area contributed by atoms with Gasteiger partial charge in [0.2, 0.25) is 0 Å². The minimum atomic E-state index is -0.600. The molecule has 0 atom stereocenters. The van der Waals surface area contributed by atoms with Crippen molar-refractivity contribution in [2.75, 3.05) is 7.11 Å². The molecule has 0 bridgehead atoms. The monoisotopic (exact) mass is 577 g/mol. The summed E-state index contributed by atoms with van der Waals surface area (Å²) in [4.78, 5) is 28.7. The molecule has 0 N–H and O–H groups in total. The highest BCUT2D eigenvalue weighted by atomic mass is 35.5. The molecule has 186 valence electrons. The molecule has 1 saturated carbocycles. The molecule has 5 rings (SSSR count). The maximum absolute atomic E-state index is 13.1. The second-order valence-electron chi connectivity index (χ2n) is 8.50. The fraction of sp³-hybridized carbons (Fsp3) is 0.269. The summed E-state index contributed by atoms with van der Waals surface area (Å²) in [7, 11) is 1.49. The molecule has 10 heteroatoms. The number of amides is 1. The van der Waals surface area contributed by atoms with Crippen LogP contribution in [0.3, 0.4) is 0 Å². The molecule has 3 aromatic rings. The van der Waals surface area contributed by atoms with Crippen LogP contribution in [0.15, 0.2) is 41.3 Å². The van der Waals surface area contributed by atoms with Crippen molar-refractivity contribution in [3.63, 3.8) is 0 Å². The lowest BCUT2D eigenvalue weighted by Gasteiger charge is -2.29. The van der Waals surface area contributed by atoms with E-state index in [1.165, 1.54) is 36.6 Å². The third-order valence-corrected chi connectivity index (χ3v) is 9.51. The summed E-state index contributed by atoms with van der Waals surface area (Å²) in [6.07, 6.45) is 7.23. The number of esters is 1. The highest BCUT2D eigenvalue weighted by molar-refractivity contribution is 8.26. The zero-order valence-corrected chi connectivity index (χ0v) is 23.2. The van der Waals surface area contributed by atoms with Crippen LogP contribution >= 0.6 is 58.5 Å². The molecule has 1 aliphatic heterocycles. The van der Waals surface area contributed by atoms with E-state index in [2.05, 4.69) is 0 Å². The second kappa shape index (κ2) is 10.7. The van der Waals surface area contributed by atoms with Crippen LogP contribution in [-0.4, -0.2) is 34.2 Å². The Labute approximate surface area is 232 Å². The number of hydrogen-bond donors (Lipinski definition) is 0. The second-order valence-corrected chi connectivity index (χ2v) is 12.0. The minimum Gasteiger partial charge on any atom is -0.493 e. The highest BCUT2D eigenvalue weighted by Crippen LogP contribution is 2.41. The Morgan fingerprint density at radius 1 is 1.14 bits per heavy atom. The van der Waals surface area contributed by atoms with Gasteiger partial charge in [-0.1, -0.05) is 78.6 Å². The maximum atomic E-state index is 13.1. The Balaban J connectivity index is 1.37. The molecule has 1 saturated heterocycles. The number of nitrogens with zero attached hydrogens (tertiary/aromatic N) is 1. The largest absolute Gasteiger partial charge is 0.493 e. The Kier molecular flexibility index (Phi) is 7.60. The van der Waals surface area contributed by atoms with Crippen LogP contribution in [0.25, 0.3) is 16.2 Å². The smallest absolute Gasteiger partial charge is 0.355 e. The lowest BCUT2D eigenvalue weighted by molar-refractivity contribution is -0.124. The van der Waals surface area contributed by atoms with Crippen LogP contribution in [0.4, 0.5) is 0 Å². The van der Waals surface area contributed by atoms with Crippen LogP contribution < -0.4 is 9.47 Å². The van der Waals surface area contributed by atoms with Crippen molar-refractivity contribution in [3.8, 4) is 11.5 Å². The minimum absolute atomic E-state index is 0.0514. The number of benzene rings is 2. The Morgan fingerprint density at radius 3 is 2.64 bits per heavy atom. The summed E-state index contributed by atoms with van der Waals surface area (Å²) >= 11 is 20.8. The van der Waals surface area contributed by atoms with Gasteiger partial charge in [0.15, 0.2) is 11.5 Å². The molecule has 1 amide bonds. The lowest BCUT2D eigenvalue weighted by atomic mass is 9.94. The zero-order chi connectivity index (χ0) is 25.4. The fourth-order valence-electron chi connectivity index (χ4n) is 4.49. The number of carbonyl (C=O) groups is 2.